The first-order chi connectivity index (χ1) is 9.61. The highest BCUT2D eigenvalue weighted by Gasteiger charge is 2.45. The van der Waals surface area contributed by atoms with Gasteiger partial charge in [0.15, 0.2) is 4.91 Å². The summed E-state index contributed by atoms with van der Waals surface area (Å²) < 4.78 is 28.4. The van der Waals surface area contributed by atoms with Crippen molar-refractivity contribution in [3.63, 3.8) is 0 Å². The quantitative estimate of drug-likeness (QED) is 0.777. The molecule has 1 saturated heterocycles. The average Bonchev–Trinajstić information content (AvgIpc) is 2.45. The summed E-state index contributed by atoms with van der Waals surface area (Å²) in [5, 5.41) is -0.361. The molecule has 20 heavy (non-hydrogen) atoms. The Kier molecular flexibility index (Phi) is 3.25. The van der Waals surface area contributed by atoms with Gasteiger partial charge in [-0.15, -0.1) is 0 Å². The molecule has 5 nitrogen and oxygen atoms in total. The van der Waals surface area contributed by atoms with Crippen LogP contribution in [0.3, 0.4) is 0 Å². The minimum atomic E-state index is -1.39. The van der Waals surface area contributed by atoms with E-state index in [-0.39, 0.29) is 22.9 Å². The Hall–Kier alpha value is -1.82. The van der Waals surface area contributed by atoms with E-state index in [1.165, 1.54) is 0 Å². The zero-order valence-corrected chi connectivity index (χ0v) is 11.9. The van der Waals surface area contributed by atoms with Gasteiger partial charge in [0.2, 0.25) is 0 Å². The number of allylic oxidation sites excluding steroid dienone is 1. The van der Waals surface area contributed by atoms with Gasteiger partial charge in [-0.25, -0.2) is 4.79 Å². The third-order valence-corrected chi connectivity index (χ3v) is 5.24. The molecule has 1 fully saturated rings. The van der Waals surface area contributed by atoms with Crippen LogP contribution in [0.1, 0.15) is 18.6 Å². The van der Waals surface area contributed by atoms with Crippen molar-refractivity contribution in [1.82, 2.24) is 0 Å². The van der Waals surface area contributed by atoms with E-state index in [1.54, 1.807) is 14.0 Å². The zero-order valence-electron chi connectivity index (χ0n) is 11.1. The molecule has 0 radical (unpaired) electrons. The number of esters is 1. The van der Waals surface area contributed by atoms with E-state index < -0.39 is 16.8 Å². The molecule has 0 amide bonds. The van der Waals surface area contributed by atoms with Gasteiger partial charge in [0.25, 0.3) is 0 Å². The van der Waals surface area contributed by atoms with Crippen molar-refractivity contribution in [2.75, 3.05) is 13.7 Å². The number of hydrogen-bond acceptors (Lipinski definition) is 5. The number of methoxy groups -OCH3 is 1. The number of benzene rings is 1. The van der Waals surface area contributed by atoms with E-state index >= 15 is 0 Å². The Balaban J connectivity index is 1.97. The van der Waals surface area contributed by atoms with Gasteiger partial charge in [-0.05, 0) is 24.6 Å². The number of ether oxygens (including phenoxy) is 3. The first kappa shape index (κ1) is 13.2. The fraction of sp³-hybridized carbons (Fsp3) is 0.357. The maximum absolute atomic E-state index is 12.4. The number of carbonyl (C=O) groups excluding carboxylic acids is 1. The van der Waals surface area contributed by atoms with E-state index in [4.69, 9.17) is 14.2 Å². The second-order valence-electron chi connectivity index (χ2n) is 4.63. The molecule has 0 spiro atoms. The molecule has 3 atom stereocenters. The molecule has 3 rings (SSSR count). The highest BCUT2D eigenvalue weighted by Crippen LogP contribution is 2.39. The van der Waals surface area contributed by atoms with E-state index in [0.29, 0.717) is 5.76 Å². The smallest absolute Gasteiger partial charge is 0.350 e. The first-order valence-electron chi connectivity index (χ1n) is 6.21. The summed E-state index contributed by atoms with van der Waals surface area (Å²) in [6.07, 6.45) is -0.376. The Morgan fingerprint density at radius 1 is 1.30 bits per heavy atom. The van der Waals surface area contributed by atoms with Crippen molar-refractivity contribution >= 4 is 16.8 Å². The lowest BCUT2D eigenvalue weighted by atomic mass is 10.1. The van der Waals surface area contributed by atoms with Crippen molar-refractivity contribution in [1.29, 1.82) is 0 Å². The molecule has 1 aromatic carbocycles. The number of hydrogen-bond donors (Lipinski definition) is 0. The van der Waals surface area contributed by atoms with Crippen molar-refractivity contribution in [3.8, 4) is 5.75 Å². The topological polar surface area (TPSA) is 61.8 Å². The first-order valence-corrected chi connectivity index (χ1v) is 7.42. The standard InChI is InChI=1S/C14H14O5S/c1-8-13-14(15)18-7-11(20(13)16)12(19-8)9-3-5-10(17-2)6-4-9/h3-6,11-12H,7H2,1-2H3. The summed E-state index contributed by atoms with van der Waals surface area (Å²) >= 11 is 0. The molecule has 3 unspecified atom stereocenters. The molecule has 0 aliphatic carbocycles. The SMILES string of the molecule is COc1ccc(C2OC(C)=C3C(=O)OCC2S3=O)cc1. The van der Waals surface area contributed by atoms with Crippen molar-refractivity contribution < 1.29 is 23.2 Å². The van der Waals surface area contributed by atoms with Crippen LogP contribution in [-0.2, 0) is 25.1 Å². The van der Waals surface area contributed by atoms with Gasteiger partial charge >= 0.3 is 5.97 Å². The van der Waals surface area contributed by atoms with Crippen LogP contribution in [0.25, 0.3) is 0 Å². The van der Waals surface area contributed by atoms with Crippen LogP contribution >= 0.6 is 0 Å². The van der Waals surface area contributed by atoms with Crippen molar-refractivity contribution in [2.24, 2.45) is 0 Å². The van der Waals surface area contributed by atoms with Gasteiger partial charge in [0.05, 0.1) is 17.9 Å². The summed E-state index contributed by atoms with van der Waals surface area (Å²) in [6.45, 7) is 1.76. The van der Waals surface area contributed by atoms with E-state index in [9.17, 15) is 9.00 Å². The molecule has 0 saturated carbocycles. The summed E-state index contributed by atoms with van der Waals surface area (Å²) in [7, 11) is 0.213. The van der Waals surface area contributed by atoms with Crippen molar-refractivity contribution in [3.05, 3.63) is 40.5 Å². The van der Waals surface area contributed by atoms with Crippen LogP contribution in [0.5, 0.6) is 5.75 Å². The van der Waals surface area contributed by atoms with Gasteiger partial charge in [-0.3, -0.25) is 4.21 Å². The van der Waals surface area contributed by atoms with Gasteiger partial charge in [-0.1, -0.05) is 12.1 Å². The van der Waals surface area contributed by atoms with E-state index in [2.05, 4.69) is 0 Å². The molecule has 2 aliphatic rings. The number of fused-ring (bicyclic) bond motifs is 2. The van der Waals surface area contributed by atoms with Crippen LogP contribution in [0.15, 0.2) is 34.9 Å². The van der Waals surface area contributed by atoms with Crippen LogP contribution in [0.2, 0.25) is 0 Å². The van der Waals surface area contributed by atoms with E-state index in [0.717, 1.165) is 11.3 Å². The van der Waals surface area contributed by atoms with E-state index in [1.807, 2.05) is 24.3 Å². The zero-order chi connectivity index (χ0) is 14.3. The average molecular weight is 294 g/mol. The minimum Gasteiger partial charge on any atom is -0.497 e. The molecule has 6 heteroatoms. The number of rotatable bonds is 2. The Labute approximate surface area is 119 Å². The van der Waals surface area contributed by atoms with Crippen LogP contribution in [-0.4, -0.2) is 29.1 Å². The van der Waals surface area contributed by atoms with Crippen LogP contribution < -0.4 is 4.74 Å². The minimum absolute atomic E-state index is 0.110. The molecule has 0 N–H and O–H groups in total. The molecule has 2 bridgehead atoms. The second kappa shape index (κ2) is 4.94. The molecule has 0 aromatic heterocycles. The molecular formula is C14H14O5S. The van der Waals surface area contributed by atoms with Gasteiger partial charge in [0, 0.05) is 0 Å². The van der Waals surface area contributed by atoms with Crippen LogP contribution in [0.4, 0.5) is 0 Å². The third kappa shape index (κ3) is 2.00. The Morgan fingerprint density at radius 2 is 2.00 bits per heavy atom. The van der Waals surface area contributed by atoms with Gasteiger partial charge < -0.3 is 14.2 Å². The lowest BCUT2D eigenvalue weighted by Crippen LogP contribution is -2.42. The largest absolute Gasteiger partial charge is 0.497 e. The normalized spacial score (nSPS) is 28.7. The predicted octanol–water partition coefficient (Wildman–Crippen LogP) is 1.67. The predicted molar refractivity (Wildman–Crippen MR) is 72.4 cm³/mol. The summed E-state index contributed by atoms with van der Waals surface area (Å²) in [4.78, 5) is 11.7. The highest BCUT2D eigenvalue weighted by atomic mass is 32.2. The highest BCUT2D eigenvalue weighted by molar-refractivity contribution is 7.90. The van der Waals surface area contributed by atoms with Crippen LogP contribution in [0, 0.1) is 0 Å². The van der Waals surface area contributed by atoms with Gasteiger partial charge in [-0.2, -0.15) is 0 Å². The Bertz CT molecular complexity index is 604. The Morgan fingerprint density at radius 3 is 2.65 bits per heavy atom. The molecule has 2 heterocycles. The molecule has 106 valence electrons. The summed E-state index contributed by atoms with van der Waals surface area (Å²) in [5.41, 5.74) is 0.889. The lowest BCUT2D eigenvalue weighted by molar-refractivity contribution is -0.141. The summed E-state index contributed by atoms with van der Waals surface area (Å²) in [6, 6.07) is 7.39. The second-order valence-corrected chi connectivity index (χ2v) is 6.24. The molecule has 2 aliphatic heterocycles. The number of carbonyl (C=O) groups is 1. The molecular weight excluding hydrogens is 280 g/mol. The maximum atomic E-state index is 12.4. The summed E-state index contributed by atoms with van der Waals surface area (Å²) in [5.74, 6) is 0.587. The fourth-order valence-corrected chi connectivity index (χ4v) is 3.89. The third-order valence-electron chi connectivity index (χ3n) is 3.45. The number of cyclic esters (lactones) is 1. The fourth-order valence-electron chi connectivity index (χ4n) is 2.40. The van der Waals surface area contributed by atoms with Crippen molar-refractivity contribution in [2.45, 2.75) is 18.3 Å². The lowest BCUT2D eigenvalue weighted by Gasteiger charge is -2.36. The van der Waals surface area contributed by atoms with Gasteiger partial charge in [0.1, 0.15) is 29.5 Å². The maximum Gasteiger partial charge on any atom is 0.350 e. The molecule has 1 aromatic rings. The monoisotopic (exact) mass is 294 g/mol.